The van der Waals surface area contributed by atoms with Gasteiger partial charge in [0.15, 0.2) is 0 Å². The zero-order chi connectivity index (χ0) is 15.2. The van der Waals surface area contributed by atoms with E-state index in [4.69, 9.17) is 11.6 Å². The van der Waals surface area contributed by atoms with E-state index in [-0.39, 0.29) is 12.5 Å². The van der Waals surface area contributed by atoms with E-state index in [1.807, 2.05) is 12.1 Å². The molecule has 2 rings (SSSR count). The predicted molar refractivity (Wildman–Crippen MR) is 85.5 cm³/mol. The topological polar surface area (TPSA) is 52.6 Å². The Hall–Kier alpha value is -1.10. The number of rotatable bonds is 5. The summed E-state index contributed by atoms with van der Waals surface area (Å²) in [6.45, 7) is 4.02. The first-order valence-corrected chi connectivity index (χ1v) is 7.86. The molecule has 0 spiro atoms. The molecule has 1 aromatic rings. The van der Waals surface area contributed by atoms with E-state index in [1.165, 1.54) is 0 Å². The molecule has 2 atom stereocenters. The fourth-order valence-electron chi connectivity index (χ4n) is 2.76. The van der Waals surface area contributed by atoms with E-state index in [0.29, 0.717) is 23.4 Å². The molecule has 21 heavy (non-hydrogen) atoms. The monoisotopic (exact) mass is 310 g/mol. The van der Waals surface area contributed by atoms with Crippen molar-refractivity contribution in [2.75, 3.05) is 25.0 Å². The Labute approximate surface area is 131 Å². The lowest BCUT2D eigenvalue weighted by Crippen LogP contribution is -2.43. The first-order valence-electron chi connectivity index (χ1n) is 7.49. The summed E-state index contributed by atoms with van der Waals surface area (Å²) < 4.78 is 0. The summed E-state index contributed by atoms with van der Waals surface area (Å²) in [4.78, 5) is 14.3. The van der Waals surface area contributed by atoms with Gasteiger partial charge in [0.05, 0.1) is 0 Å². The Morgan fingerprint density at radius 1 is 1.48 bits per heavy atom. The smallest absolute Gasteiger partial charge is 0.225 e. The molecule has 1 aliphatic heterocycles. The largest absolute Gasteiger partial charge is 0.396 e. The first-order chi connectivity index (χ1) is 10.1. The predicted octanol–water partition coefficient (Wildman–Crippen LogP) is 2.76. The Bertz CT molecular complexity index is 481. The molecule has 1 aliphatic rings. The van der Waals surface area contributed by atoms with E-state index >= 15 is 0 Å². The molecule has 1 saturated heterocycles. The highest BCUT2D eigenvalue weighted by atomic mass is 35.5. The molecule has 4 nitrogen and oxygen atoms in total. The summed E-state index contributed by atoms with van der Waals surface area (Å²) in [6.07, 6.45) is 2.61. The maximum Gasteiger partial charge on any atom is 0.225 e. The van der Waals surface area contributed by atoms with Crippen LogP contribution in [0.25, 0.3) is 0 Å². The fourth-order valence-corrected chi connectivity index (χ4v) is 2.95. The summed E-state index contributed by atoms with van der Waals surface area (Å²) in [5, 5.41) is 12.8. The van der Waals surface area contributed by atoms with Crippen molar-refractivity contribution in [1.82, 2.24) is 4.90 Å². The third-order valence-electron chi connectivity index (χ3n) is 4.10. The molecule has 116 valence electrons. The number of carbonyl (C=O) groups excluding carboxylic acids is 1. The van der Waals surface area contributed by atoms with Crippen molar-refractivity contribution >= 4 is 23.2 Å². The van der Waals surface area contributed by atoms with Gasteiger partial charge in [-0.3, -0.25) is 9.69 Å². The maximum absolute atomic E-state index is 12.0. The van der Waals surface area contributed by atoms with Crippen LogP contribution in [0.3, 0.4) is 0 Å². The second-order valence-electron chi connectivity index (χ2n) is 5.78. The van der Waals surface area contributed by atoms with Crippen LogP contribution in [0.1, 0.15) is 26.2 Å². The summed E-state index contributed by atoms with van der Waals surface area (Å²) in [5.41, 5.74) is 0.729. The Balaban J connectivity index is 1.80. The highest BCUT2D eigenvalue weighted by Crippen LogP contribution is 2.21. The van der Waals surface area contributed by atoms with Gasteiger partial charge in [0.25, 0.3) is 0 Å². The number of anilines is 1. The van der Waals surface area contributed by atoms with Crippen LogP contribution in [0.2, 0.25) is 5.02 Å². The van der Waals surface area contributed by atoms with Crippen LogP contribution in [-0.2, 0) is 4.79 Å². The zero-order valence-electron chi connectivity index (χ0n) is 12.4. The van der Waals surface area contributed by atoms with Crippen molar-refractivity contribution in [3.8, 4) is 0 Å². The van der Waals surface area contributed by atoms with Crippen molar-refractivity contribution < 1.29 is 9.90 Å². The quantitative estimate of drug-likeness (QED) is 0.879. The van der Waals surface area contributed by atoms with Gasteiger partial charge >= 0.3 is 0 Å². The average molecular weight is 311 g/mol. The average Bonchev–Trinajstić information content (AvgIpc) is 2.46. The van der Waals surface area contributed by atoms with Crippen LogP contribution in [-0.4, -0.2) is 41.7 Å². The van der Waals surface area contributed by atoms with Crippen molar-refractivity contribution in [3.63, 3.8) is 0 Å². The molecular weight excluding hydrogens is 288 g/mol. The molecule has 1 amide bonds. The number of aliphatic hydroxyl groups excluding tert-OH is 1. The van der Waals surface area contributed by atoms with E-state index in [2.05, 4.69) is 17.1 Å². The molecule has 0 saturated carbocycles. The molecule has 0 aromatic heterocycles. The van der Waals surface area contributed by atoms with Gasteiger partial charge in [-0.2, -0.15) is 0 Å². The number of benzene rings is 1. The molecule has 2 unspecified atom stereocenters. The number of amides is 1. The van der Waals surface area contributed by atoms with Crippen LogP contribution < -0.4 is 5.32 Å². The SMILES string of the molecule is CC1CCC(CO)CN1CCC(=O)Nc1cccc(Cl)c1. The zero-order valence-corrected chi connectivity index (χ0v) is 13.1. The lowest BCUT2D eigenvalue weighted by atomic mass is 9.94. The molecule has 5 heteroatoms. The maximum atomic E-state index is 12.0. The first kappa shape index (κ1) is 16.3. The number of hydrogen-bond acceptors (Lipinski definition) is 3. The van der Waals surface area contributed by atoms with Gasteiger partial charge in [0.2, 0.25) is 5.91 Å². The molecule has 1 aromatic carbocycles. The summed E-state index contributed by atoms with van der Waals surface area (Å²) in [7, 11) is 0. The molecule has 2 N–H and O–H groups in total. The van der Waals surface area contributed by atoms with Crippen molar-refractivity contribution in [1.29, 1.82) is 0 Å². The highest BCUT2D eigenvalue weighted by Gasteiger charge is 2.24. The van der Waals surface area contributed by atoms with Gasteiger partial charge in [-0.1, -0.05) is 17.7 Å². The van der Waals surface area contributed by atoms with Crippen LogP contribution in [0.15, 0.2) is 24.3 Å². The van der Waals surface area contributed by atoms with Crippen LogP contribution in [0.5, 0.6) is 0 Å². The Kier molecular flexibility index (Phi) is 6.03. The molecule has 0 aliphatic carbocycles. The van der Waals surface area contributed by atoms with Crippen molar-refractivity contribution in [2.45, 2.75) is 32.2 Å². The normalized spacial score (nSPS) is 23.0. The third kappa shape index (κ3) is 4.99. The second kappa shape index (κ2) is 7.78. The minimum absolute atomic E-state index is 0.00408. The molecular formula is C16H23ClN2O2. The van der Waals surface area contributed by atoms with Crippen LogP contribution >= 0.6 is 11.6 Å². The summed E-state index contributed by atoms with van der Waals surface area (Å²) in [5.74, 6) is 0.341. The standard InChI is InChI=1S/C16H23ClN2O2/c1-12-5-6-13(11-20)10-19(12)8-7-16(21)18-15-4-2-3-14(17)9-15/h2-4,9,12-13,20H,5-8,10-11H2,1H3,(H,18,21). The number of nitrogens with zero attached hydrogens (tertiary/aromatic N) is 1. The molecule has 0 bridgehead atoms. The van der Waals surface area contributed by atoms with Gasteiger partial charge in [0.1, 0.15) is 0 Å². The summed E-state index contributed by atoms with van der Waals surface area (Å²) in [6, 6.07) is 7.64. The molecule has 1 fully saturated rings. The number of hydrogen-bond donors (Lipinski definition) is 2. The van der Waals surface area contributed by atoms with Gasteiger partial charge in [-0.05, 0) is 43.9 Å². The number of aliphatic hydroxyl groups is 1. The third-order valence-corrected chi connectivity index (χ3v) is 4.34. The van der Waals surface area contributed by atoms with E-state index in [1.54, 1.807) is 12.1 Å². The van der Waals surface area contributed by atoms with Crippen molar-refractivity contribution in [2.24, 2.45) is 5.92 Å². The molecule has 0 radical (unpaired) electrons. The summed E-state index contributed by atoms with van der Waals surface area (Å²) >= 11 is 5.90. The van der Waals surface area contributed by atoms with E-state index < -0.39 is 0 Å². The minimum atomic E-state index is -0.00408. The number of carbonyl (C=O) groups is 1. The van der Waals surface area contributed by atoms with E-state index in [9.17, 15) is 9.90 Å². The van der Waals surface area contributed by atoms with Crippen LogP contribution in [0.4, 0.5) is 5.69 Å². The lowest BCUT2D eigenvalue weighted by Gasteiger charge is -2.37. The van der Waals surface area contributed by atoms with Gasteiger partial charge in [-0.15, -0.1) is 0 Å². The molecule has 1 heterocycles. The lowest BCUT2D eigenvalue weighted by molar-refractivity contribution is -0.116. The van der Waals surface area contributed by atoms with E-state index in [0.717, 1.165) is 31.6 Å². The minimum Gasteiger partial charge on any atom is -0.396 e. The number of halogens is 1. The number of piperidine rings is 1. The Morgan fingerprint density at radius 2 is 2.29 bits per heavy atom. The Morgan fingerprint density at radius 3 is 3.00 bits per heavy atom. The number of nitrogens with one attached hydrogen (secondary N) is 1. The number of likely N-dealkylation sites (tertiary alicyclic amines) is 1. The van der Waals surface area contributed by atoms with Gasteiger partial charge < -0.3 is 10.4 Å². The fraction of sp³-hybridized carbons (Fsp3) is 0.562. The van der Waals surface area contributed by atoms with Gasteiger partial charge in [-0.25, -0.2) is 0 Å². The van der Waals surface area contributed by atoms with Crippen molar-refractivity contribution in [3.05, 3.63) is 29.3 Å². The van der Waals surface area contributed by atoms with Gasteiger partial charge in [0, 0.05) is 42.9 Å². The highest BCUT2D eigenvalue weighted by molar-refractivity contribution is 6.30. The van der Waals surface area contributed by atoms with Crippen LogP contribution in [0, 0.1) is 5.92 Å². The second-order valence-corrected chi connectivity index (χ2v) is 6.21.